The van der Waals surface area contributed by atoms with Crippen molar-refractivity contribution >= 4 is 34.8 Å². The van der Waals surface area contributed by atoms with Gasteiger partial charge in [-0.3, -0.25) is 9.59 Å². The fourth-order valence-corrected chi connectivity index (χ4v) is 2.61. The summed E-state index contributed by atoms with van der Waals surface area (Å²) in [6.07, 6.45) is 5.01. The molecule has 118 valence electrons. The maximum Gasteiger partial charge on any atom is 0.312 e. The number of ether oxygens (including phenoxy) is 1. The Morgan fingerprint density at radius 2 is 2.09 bits per heavy atom. The first-order valence-electron chi connectivity index (χ1n) is 6.64. The molecule has 0 saturated carbocycles. The van der Waals surface area contributed by atoms with Crippen LogP contribution in [0.1, 0.15) is 5.69 Å². The van der Waals surface area contributed by atoms with Crippen molar-refractivity contribution in [2.24, 2.45) is 0 Å². The van der Waals surface area contributed by atoms with Crippen molar-refractivity contribution in [3.63, 3.8) is 0 Å². The normalized spacial score (nSPS) is 9.91. The van der Waals surface area contributed by atoms with Crippen molar-refractivity contribution in [3.05, 3.63) is 40.4 Å². The number of thiazole rings is 1. The summed E-state index contributed by atoms with van der Waals surface area (Å²) in [6, 6.07) is 7.28. The van der Waals surface area contributed by atoms with Gasteiger partial charge in [0.1, 0.15) is 5.01 Å². The fraction of sp³-hybridized carbons (Fsp3) is 0.188. The average Bonchev–Trinajstić information content (AvgIpc) is 3.00. The van der Waals surface area contributed by atoms with E-state index in [0.717, 1.165) is 10.6 Å². The van der Waals surface area contributed by atoms with Crippen LogP contribution in [0.25, 0.3) is 10.6 Å². The van der Waals surface area contributed by atoms with Crippen molar-refractivity contribution < 1.29 is 14.3 Å². The predicted octanol–water partition coefficient (Wildman–Crippen LogP) is 2.30. The Labute approximate surface area is 142 Å². The van der Waals surface area contributed by atoms with Crippen molar-refractivity contribution in [2.75, 3.05) is 13.2 Å². The fourth-order valence-electron chi connectivity index (χ4n) is 1.66. The highest BCUT2D eigenvalue weighted by Gasteiger charge is 2.11. The Morgan fingerprint density at radius 1 is 1.35 bits per heavy atom. The van der Waals surface area contributed by atoms with Crippen LogP contribution in [0.5, 0.6) is 0 Å². The second-order valence-electron chi connectivity index (χ2n) is 4.47. The standard InChI is InChI=1S/C16H13ClN2O3S/c1-2-7-18-14(20)9-22-15(21)8-13-10-23-16(19-13)11-3-5-12(17)6-4-11/h1,3-6,10H,7-9H2,(H,18,20). The zero-order valence-corrected chi connectivity index (χ0v) is 13.6. The zero-order chi connectivity index (χ0) is 16.7. The molecule has 0 aliphatic carbocycles. The average molecular weight is 349 g/mol. The third-order valence-corrected chi connectivity index (χ3v) is 3.91. The van der Waals surface area contributed by atoms with Gasteiger partial charge in [-0.2, -0.15) is 0 Å². The molecule has 5 nitrogen and oxygen atoms in total. The Morgan fingerprint density at radius 3 is 2.78 bits per heavy atom. The number of terminal acetylenes is 1. The van der Waals surface area contributed by atoms with Crippen LogP contribution in [0, 0.1) is 12.3 Å². The van der Waals surface area contributed by atoms with Crippen molar-refractivity contribution in [2.45, 2.75) is 6.42 Å². The molecule has 0 bridgehead atoms. The van der Waals surface area contributed by atoms with Gasteiger partial charge in [-0.25, -0.2) is 4.98 Å². The van der Waals surface area contributed by atoms with Gasteiger partial charge in [-0.05, 0) is 12.1 Å². The summed E-state index contributed by atoms with van der Waals surface area (Å²) < 4.78 is 4.86. The number of carbonyl (C=O) groups is 2. The van der Waals surface area contributed by atoms with Gasteiger partial charge in [0.15, 0.2) is 6.61 Å². The molecule has 0 fully saturated rings. The molecule has 1 amide bonds. The van der Waals surface area contributed by atoms with Gasteiger partial charge in [0, 0.05) is 16.0 Å². The lowest BCUT2D eigenvalue weighted by Crippen LogP contribution is -2.29. The van der Waals surface area contributed by atoms with E-state index in [1.807, 2.05) is 12.1 Å². The van der Waals surface area contributed by atoms with Crippen LogP contribution >= 0.6 is 22.9 Å². The Kier molecular flexibility index (Phi) is 6.15. The molecule has 23 heavy (non-hydrogen) atoms. The molecule has 0 unspecified atom stereocenters. The Balaban J connectivity index is 1.86. The van der Waals surface area contributed by atoms with Crippen LogP contribution in [0.3, 0.4) is 0 Å². The summed E-state index contributed by atoms with van der Waals surface area (Å²) in [5, 5.41) is 5.62. The number of esters is 1. The van der Waals surface area contributed by atoms with E-state index >= 15 is 0 Å². The first-order chi connectivity index (χ1) is 11.1. The molecule has 1 heterocycles. The number of amides is 1. The quantitative estimate of drug-likeness (QED) is 0.642. The molecule has 2 aromatic rings. The summed E-state index contributed by atoms with van der Waals surface area (Å²) in [4.78, 5) is 27.3. The van der Waals surface area contributed by atoms with E-state index in [4.69, 9.17) is 22.8 Å². The van der Waals surface area contributed by atoms with E-state index < -0.39 is 11.9 Å². The van der Waals surface area contributed by atoms with E-state index in [-0.39, 0.29) is 19.6 Å². The minimum atomic E-state index is -0.520. The van der Waals surface area contributed by atoms with Crippen LogP contribution in [-0.2, 0) is 20.7 Å². The minimum Gasteiger partial charge on any atom is -0.455 e. The van der Waals surface area contributed by atoms with E-state index in [1.54, 1.807) is 17.5 Å². The number of rotatable bonds is 6. The molecule has 0 aliphatic rings. The Hall–Kier alpha value is -2.36. The zero-order valence-electron chi connectivity index (χ0n) is 12.0. The van der Waals surface area contributed by atoms with Gasteiger partial charge in [-0.1, -0.05) is 29.7 Å². The number of carbonyl (C=O) groups excluding carboxylic acids is 2. The molecule has 1 aromatic carbocycles. The lowest BCUT2D eigenvalue weighted by molar-refractivity contribution is -0.147. The first-order valence-corrected chi connectivity index (χ1v) is 7.90. The highest BCUT2D eigenvalue weighted by Crippen LogP contribution is 2.25. The van der Waals surface area contributed by atoms with Crippen LogP contribution in [-0.4, -0.2) is 30.0 Å². The monoisotopic (exact) mass is 348 g/mol. The number of hydrogen-bond donors (Lipinski definition) is 1. The number of halogens is 1. The van der Waals surface area contributed by atoms with Gasteiger partial charge in [0.25, 0.3) is 5.91 Å². The van der Waals surface area contributed by atoms with E-state index in [9.17, 15) is 9.59 Å². The van der Waals surface area contributed by atoms with Gasteiger partial charge in [0.2, 0.25) is 0 Å². The third-order valence-electron chi connectivity index (χ3n) is 2.72. The van der Waals surface area contributed by atoms with E-state index in [1.165, 1.54) is 11.3 Å². The SMILES string of the molecule is C#CCNC(=O)COC(=O)Cc1csc(-c2ccc(Cl)cc2)n1. The molecule has 0 radical (unpaired) electrons. The van der Waals surface area contributed by atoms with Crippen LogP contribution in [0.15, 0.2) is 29.6 Å². The van der Waals surface area contributed by atoms with Gasteiger partial charge in [0.05, 0.1) is 18.7 Å². The van der Waals surface area contributed by atoms with Gasteiger partial charge in [-0.15, -0.1) is 17.8 Å². The third kappa shape index (κ3) is 5.40. The smallest absolute Gasteiger partial charge is 0.312 e. The van der Waals surface area contributed by atoms with Crippen LogP contribution < -0.4 is 5.32 Å². The molecule has 7 heteroatoms. The number of aromatic nitrogens is 1. The molecule has 0 spiro atoms. The van der Waals surface area contributed by atoms with E-state index in [2.05, 4.69) is 16.2 Å². The van der Waals surface area contributed by atoms with Gasteiger partial charge < -0.3 is 10.1 Å². The molecule has 1 N–H and O–H groups in total. The highest BCUT2D eigenvalue weighted by molar-refractivity contribution is 7.13. The number of nitrogens with zero attached hydrogens (tertiary/aromatic N) is 1. The van der Waals surface area contributed by atoms with Crippen molar-refractivity contribution in [1.29, 1.82) is 0 Å². The van der Waals surface area contributed by atoms with Crippen LogP contribution in [0.2, 0.25) is 5.02 Å². The molecular formula is C16H13ClN2O3S. The molecule has 0 atom stereocenters. The number of hydrogen-bond acceptors (Lipinski definition) is 5. The first kappa shape index (κ1) is 17.0. The summed E-state index contributed by atoms with van der Waals surface area (Å²) in [7, 11) is 0. The summed E-state index contributed by atoms with van der Waals surface area (Å²) >= 11 is 7.27. The lowest BCUT2D eigenvalue weighted by atomic mass is 10.2. The highest BCUT2D eigenvalue weighted by atomic mass is 35.5. The summed E-state index contributed by atoms with van der Waals surface area (Å²) in [5.74, 6) is 1.31. The minimum absolute atomic E-state index is 0.00646. The Bertz CT molecular complexity index is 735. The maximum atomic E-state index is 11.7. The number of nitrogens with one attached hydrogen (secondary N) is 1. The lowest BCUT2D eigenvalue weighted by Gasteiger charge is -2.03. The van der Waals surface area contributed by atoms with Crippen LogP contribution in [0.4, 0.5) is 0 Å². The summed E-state index contributed by atoms with van der Waals surface area (Å²) in [6.45, 7) is -0.248. The maximum absolute atomic E-state index is 11.7. The number of benzene rings is 1. The summed E-state index contributed by atoms with van der Waals surface area (Å²) in [5.41, 5.74) is 1.52. The molecular weight excluding hydrogens is 336 g/mol. The molecule has 0 saturated heterocycles. The van der Waals surface area contributed by atoms with Crippen molar-refractivity contribution in [3.8, 4) is 22.9 Å². The predicted molar refractivity (Wildman–Crippen MR) is 89.1 cm³/mol. The molecule has 1 aromatic heterocycles. The second kappa shape index (κ2) is 8.32. The van der Waals surface area contributed by atoms with Gasteiger partial charge >= 0.3 is 5.97 Å². The van der Waals surface area contributed by atoms with E-state index in [0.29, 0.717) is 10.7 Å². The second-order valence-corrected chi connectivity index (χ2v) is 5.76. The topological polar surface area (TPSA) is 68.3 Å². The molecule has 0 aliphatic heterocycles. The molecule has 2 rings (SSSR count). The largest absolute Gasteiger partial charge is 0.455 e. The van der Waals surface area contributed by atoms with Crippen molar-refractivity contribution in [1.82, 2.24) is 10.3 Å².